The molecule has 88 valence electrons. The molecule has 1 amide bonds. The van der Waals surface area contributed by atoms with E-state index in [9.17, 15) is 4.79 Å². The average Bonchev–Trinajstić information content (AvgIpc) is 2.30. The van der Waals surface area contributed by atoms with E-state index < -0.39 is 0 Å². The Morgan fingerprint density at radius 3 is 2.53 bits per heavy atom. The Kier molecular flexibility index (Phi) is 6.41. The molecule has 0 saturated carbocycles. The highest BCUT2D eigenvalue weighted by Gasteiger charge is 2.15. The van der Waals surface area contributed by atoms with Crippen molar-refractivity contribution in [3.05, 3.63) is 0 Å². The van der Waals surface area contributed by atoms with Crippen molar-refractivity contribution in [1.29, 1.82) is 0 Å². The van der Waals surface area contributed by atoms with Gasteiger partial charge < -0.3 is 10.2 Å². The van der Waals surface area contributed by atoms with Crippen molar-refractivity contribution < 1.29 is 4.79 Å². The maximum absolute atomic E-state index is 11.7. The molecule has 1 fully saturated rings. The third kappa shape index (κ3) is 5.17. The van der Waals surface area contributed by atoms with Crippen LogP contribution in [-0.4, -0.2) is 37.5 Å². The molecule has 3 nitrogen and oxygen atoms in total. The monoisotopic (exact) mass is 212 g/mol. The molecule has 0 atom stereocenters. The van der Waals surface area contributed by atoms with Gasteiger partial charge in [0.15, 0.2) is 0 Å². The van der Waals surface area contributed by atoms with Gasteiger partial charge in [-0.05, 0) is 45.7 Å². The molecular formula is C12H24N2O. The molecule has 0 bridgehead atoms. The standard InChI is InChI=1S/C12H24N2O/c1-13-9-5-2-4-8-12(15)14-10-6-3-7-11-14/h13H,2-11H2,1H3. The van der Waals surface area contributed by atoms with Crippen molar-refractivity contribution in [1.82, 2.24) is 10.2 Å². The molecule has 0 radical (unpaired) electrons. The Bertz CT molecular complexity index is 176. The van der Waals surface area contributed by atoms with Crippen molar-refractivity contribution in [2.24, 2.45) is 0 Å². The molecule has 1 aliphatic rings. The number of rotatable bonds is 6. The lowest BCUT2D eigenvalue weighted by atomic mass is 10.1. The highest BCUT2D eigenvalue weighted by atomic mass is 16.2. The maximum Gasteiger partial charge on any atom is 0.222 e. The lowest BCUT2D eigenvalue weighted by molar-refractivity contribution is -0.132. The van der Waals surface area contributed by atoms with Crippen LogP contribution in [0.3, 0.4) is 0 Å². The summed E-state index contributed by atoms with van der Waals surface area (Å²) < 4.78 is 0. The van der Waals surface area contributed by atoms with E-state index in [1.807, 2.05) is 11.9 Å². The molecule has 0 aromatic carbocycles. The molecule has 1 aliphatic heterocycles. The van der Waals surface area contributed by atoms with Crippen LogP contribution in [0, 0.1) is 0 Å². The Morgan fingerprint density at radius 1 is 1.13 bits per heavy atom. The average molecular weight is 212 g/mol. The Morgan fingerprint density at radius 2 is 1.87 bits per heavy atom. The Hall–Kier alpha value is -0.570. The second-order valence-corrected chi connectivity index (χ2v) is 4.36. The van der Waals surface area contributed by atoms with Gasteiger partial charge in [0.1, 0.15) is 0 Å². The normalized spacial score (nSPS) is 16.7. The third-order valence-corrected chi connectivity index (χ3v) is 3.03. The molecular weight excluding hydrogens is 188 g/mol. The molecule has 1 N–H and O–H groups in total. The number of hydrogen-bond donors (Lipinski definition) is 1. The van der Waals surface area contributed by atoms with Crippen molar-refractivity contribution >= 4 is 5.91 Å². The summed E-state index contributed by atoms with van der Waals surface area (Å²) >= 11 is 0. The van der Waals surface area contributed by atoms with Gasteiger partial charge in [-0.25, -0.2) is 0 Å². The zero-order valence-electron chi connectivity index (χ0n) is 9.93. The minimum atomic E-state index is 0.374. The van der Waals surface area contributed by atoms with Crippen molar-refractivity contribution in [2.45, 2.75) is 44.9 Å². The largest absolute Gasteiger partial charge is 0.343 e. The molecule has 0 aromatic heterocycles. The van der Waals surface area contributed by atoms with Gasteiger partial charge in [-0.1, -0.05) is 6.42 Å². The molecule has 1 heterocycles. The van der Waals surface area contributed by atoms with Gasteiger partial charge in [0, 0.05) is 19.5 Å². The van der Waals surface area contributed by atoms with Crippen LogP contribution in [0.1, 0.15) is 44.9 Å². The summed E-state index contributed by atoms with van der Waals surface area (Å²) in [4.78, 5) is 13.8. The lowest BCUT2D eigenvalue weighted by Gasteiger charge is -2.26. The quantitative estimate of drug-likeness (QED) is 0.681. The zero-order valence-corrected chi connectivity index (χ0v) is 9.93. The molecule has 0 spiro atoms. The zero-order chi connectivity index (χ0) is 10.9. The number of hydrogen-bond acceptors (Lipinski definition) is 2. The van der Waals surface area contributed by atoms with E-state index in [-0.39, 0.29) is 0 Å². The smallest absolute Gasteiger partial charge is 0.222 e. The number of carbonyl (C=O) groups is 1. The van der Waals surface area contributed by atoms with Gasteiger partial charge in [-0.3, -0.25) is 4.79 Å². The number of piperidine rings is 1. The molecule has 15 heavy (non-hydrogen) atoms. The minimum Gasteiger partial charge on any atom is -0.343 e. The SMILES string of the molecule is CNCCCCCC(=O)N1CCCCC1. The number of amides is 1. The van der Waals surface area contributed by atoms with Crippen LogP contribution in [0.5, 0.6) is 0 Å². The summed E-state index contributed by atoms with van der Waals surface area (Å²) in [5.41, 5.74) is 0. The van der Waals surface area contributed by atoms with Crippen LogP contribution in [0.2, 0.25) is 0 Å². The van der Waals surface area contributed by atoms with Gasteiger partial charge in [0.05, 0.1) is 0 Å². The van der Waals surface area contributed by atoms with Gasteiger partial charge in [0.25, 0.3) is 0 Å². The van der Waals surface area contributed by atoms with E-state index in [2.05, 4.69) is 5.32 Å². The van der Waals surface area contributed by atoms with E-state index in [0.717, 1.165) is 32.5 Å². The molecule has 3 heteroatoms. The highest BCUT2D eigenvalue weighted by Crippen LogP contribution is 2.11. The molecule has 1 rings (SSSR count). The first-order valence-electron chi connectivity index (χ1n) is 6.27. The maximum atomic E-state index is 11.7. The summed E-state index contributed by atoms with van der Waals surface area (Å²) in [6.07, 6.45) is 7.86. The number of unbranched alkanes of at least 4 members (excludes halogenated alkanes) is 2. The number of likely N-dealkylation sites (tertiary alicyclic amines) is 1. The van der Waals surface area contributed by atoms with Crippen LogP contribution in [0.15, 0.2) is 0 Å². The van der Waals surface area contributed by atoms with E-state index >= 15 is 0 Å². The first-order chi connectivity index (χ1) is 7.34. The summed E-state index contributed by atoms with van der Waals surface area (Å²) in [7, 11) is 1.97. The number of carbonyl (C=O) groups excluding carboxylic acids is 1. The Labute approximate surface area is 93.2 Å². The highest BCUT2D eigenvalue weighted by molar-refractivity contribution is 5.76. The van der Waals surface area contributed by atoms with E-state index in [1.54, 1.807) is 0 Å². The third-order valence-electron chi connectivity index (χ3n) is 3.03. The second-order valence-electron chi connectivity index (χ2n) is 4.36. The van der Waals surface area contributed by atoms with Gasteiger partial charge in [-0.2, -0.15) is 0 Å². The fourth-order valence-electron chi connectivity index (χ4n) is 2.06. The van der Waals surface area contributed by atoms with E-state index in [0.29, 0.717) is 5.91 Å². The summed E-state index contributed by atoms with van der Waals surface area (Å²) in [6, 6.07) is 0. The predicted molar refractivity (Wildman–Crippen MR) is 62.8 cm³/mol. The Balaban J connectivity index is 2.02. The van der Waals surface area contributed by atoms with Gasteiger partial charge in [-0.15, -0.1) is 0 Å². The van der Waals surface area contributed by atoms with Crippen LogP contribution in [0.4, 0.5) is 0 Å². The lowest BCUT2D eigenvalue weighted by Crippen LogP contribution is -2.35. The topological polar surface area (TPSA) is 32.3 Å². The van der Waals surface area contributed by atoms with Gasteiger partial charge in [0.2, 0.25) is 5.91 Å². The molecule has 1 saturated heterocycles. The molecule has 0 aliphatic carbocycles. The van der Waals surface area contributed by atoms with Crippen LogP contribution in [-0.2, 0) is 4.79 Å². The molecule has 0 unspecified atom stereocenters. The van der Waals surface area contributed by atoms with Crippen LogP contribution >= 0.6 is 0 Å². The van der Waals surface area contributed by atoms with Crippen LogP contribution < -0.4 is 5.32 Å². The fourth-order valence-corrected chi connectivity index (χ4v) is 2.06. The first-order valence-corrected chi connectivity index (χ1v) is 6.27. The number of nitrogens with zero attached hydrogens (tertiary/aromatic N) is 1. The second kappa shape index (κ2) is 7.69. The van der Waals surface area contributed by atoms with Gasteiger partial charge >= 0.3 is 0 Å². The fraction of sp³-hybridized carbons (Fsp3) is 0.917. The van der Waals surface area contributed by atoms with E-state index in [1.165, 1.54) is 32.1 Å². The minimum absolute atomic E-state index is 0.374. The summed E-state index contributed by atoms with van der Waals surface area (Å²) in [5.74, 6) is 0.374. The first kappa shape index (κ1) is 12.5. The summed E-state index contributed by atoms with van der Waals surface area (Å²) in [5, 5.41) is 3.12. The van der Waals surface area contributed by atoms with Crippen molar-refractivity contribution in [3.63, 3.8) is 0 Å². The van der Waals surface area contributed by atoms with E-state index in [4.69, 9.17) is 0 Å². The predicted octanol–water partition coefficient (Wildman–Crippen LogP) is 1.78. The van der Waals surface area contributed by atoms with Crippen molar-refractivity contribution in [2.75, 3.05) is 26.7 Å². The van der Waals surface area contributed by atoms with Crippen molar-refractivity contribution in [3.8, 4) is 0 Å². The molecule has 0 aromatic rings. The van der Waals surface area contributed by atoms with Crippen LogP contribution in [0.25, 0.3) is 0 Å². The summed E-state index contributed by atoms with van der Waals surface area (Å²) in [6.45, 7) is 3.06. The number of nitrogens with one attached hydrogen (secondary N) is 1.